The van der Waals surface area contributed by atoms with Crippen molar-refractivity contribution in [2.75, 3.05) is 11.8 Å². The maximum atomic E-state index is 15.1. The van der Waals surface area contributed by atoms with Crippen molar-refractivity contribution in [2.24, 2.45) is 0 Å². The van der Waals surface area contributed by atoms with Crippen LogP contribution in [0.25, 0.3) is 10.9 Å². The molecule has 0 aliphatic rings. The van der Waals surface area contributed by atoms with E-state index in [9.17, 15) is 17.2 Å². The Labute approximate surface area is 196 Å². The van der Waals surface area contributed by atoms with Crippen LogP contribution in [0.1, 0.15) is 16.7 Å². The molecule has 1 aromatic carbocycles. The van der Waals surface area contributed by atoms with Crippen molar-refractivity contribution in [2.45, 2.75) is 11.6 Å². The van der Waals surface area contributed by atoms with Gasteiger partial charge in [0.15, 0.2) is 5.82 Å². The summed E-state index contributed by atoms with van der Waals surface area (Å²) < 4.78 is 75.1. The van der Waals surface area contributed by atoms with Crippen LogP contribution in [0.15, 0.2) is 41.7 Å². The van der Waals surface area contributed by atoms with Crippen LogP contribution in [0.3, 0.4) is 0 Å². The maximum Gasteiger partial charge on any atom is 0.267 e. The van der Waals surface area contributed by atoms with Gasteiger partial charge in [0, 0.05) is 24.2 Å². The minimum absolute atomic E-state index is 0.0337. The molecule has 0 atom stereocenters. The van der Waals surface area contributed by atoms with Crippen LogP contribution < -0.4 is 9.46 Å². The number of benzene rings is 1. The largest absolute Gasteiger partial charge is 0.480 e. The highest BCUT2D eigenvalue weighted by atomic mass is 35.5. The van der Waals surface area contributed by atoms with Gasteiger partial charge >= 0.3 is 0 Å². The summed E-state index contributed by atoms with van der Waals surface area (Å²) in [5.74, 6) is 2.31. The molecule has 0 aliphatic carbocycles. The van der Waals surface area contributed by atoms with Gasteiger partial charge in [0.25, 0.3) is 10.0 Å². The molecule has 0 aliphatic heterocycles. The molecule has 0 fully saturated rings. The summed E-state index contributed by atoms with van der Waals surface area (Å²) in [6, 6.07) is 2.74. The number of halogens is 4. The number of H-pyrrole nitrogens is 1. The molecule has 2 N–H and O–H groups in total. The zero-order valence-corrected chi connectivity index (χ0v) is 18.7. The highest BCUT2D eigenvalue weighted by molar-refractivity contribution is 7.92. The van der Waals surface area contributed by atoms with E-state index in [4.69, 9.17) is 16.3 Å². The van der Waals surface area contributed by atoms with Crippen molar-refractivity contribution in [3.8, 4) is 17.7 Å². The first-order chi connectivity index (χ1) is 16.2. The lowest BCUT2D eigenvalue weighted by Gasteiger charge is -2.13. The molecular formula is C21H13ClF3N5O3S. The number of aromatic amines is 1. The van der Waals surface area contributed by atoms with E-state index >= 15 is 4.39 Å². The number of rotatable bonds is 5. The Morgan fingerprint density at radius 2 is 2.00 bits per heavy atom. The van der Waals surface area contributed by atoms with Crippen molar-refractivity contribution in [3.63, 3.8) is 0 Å². The van der Waals surface area contributed by atoms with E-state index in [0.29, 0.717) is 10.9 Å². The Balaban J connectivity index is 1.74. The lowest BCUT2D eigenvalue weighted by Crippen LogP contribution is -2.16. The minimum Gasteiger partial charge on any atom is -0.480 e. The van der Waals surface area contributed by atoms with Crippen molar-refractivity contribution in [1.82, 2.24) is 20.2 Å². The molecule has 13 heteroatoms. The van der Waals surface area contributed by atoms with Gasteiger partial charge in [-0.3, -0.25) is 14.8 Å². The zero-order chi connectivity index (χ0) is 24.5. The third-order valence-corrected chi connectivity index (χ3v) is 6.24. The third kappa shape index (κ3) is 4.35. The minimum atomic E-state index is -4.49. The van der Waals surface area contributed by atoms with Crippen molar-refractivity contribution >= 4 is 38.2 Å². The van der Waals surface area contributed by atoms with Crippen molar-refractivity contribution in [3.05, 3.63) is 70.3 Å². The number of aromatic nitrogens is 4. The first-order valence-electron chi connectivity index (χ1n) is 9.34. The van der Waals surface area contributed by atoms with Gasteiger partial charge in [0.1, 0.15) is 28.1 Å². The number of alkyl halides is 1. The predicted molar refractivity (Wildman–Crippen MR) is 118 cm³/mol. The number of sulfonamides is 1. The summed E-state index contributed by atoms with van der Waals surface area (Å²) in [4.78, 5) is 7.18. The summed E-state index contributed by atoms with van der Waals surface area (Å²) in [6.45, 7) is -0.979. The van der Waals surface area contributed by atoms with Crippen LogP contribution in [-0.2, 0) is 16.7 Å². The van der Waals surface area contributed by atoms with Gasteiger partial charge in [-0.2, -0.15) is 5.10 Å². The van der Waals surface area contributed by atoms with Gasteiger partial charge in [0.05, 0.1) is 29.3 Å². The van der Waals surface area contributed by atoms with Crippen LogP contribution in [0.2, 0.25) is 5.15 Å². The second-order valence-electron chi connectivity index (χ2n) is 6.74. The molecule has 8 nitrogen and oxygen atoms in total. The standard InChI is InChI=1S/C21H13ClF3N5O3S/c1-33-21-17(6-11(7-23)8-27-21)34(31,32)30-16-5-4-15(24)13(18(16)25)3-2-12-9-26-10-14-19(12)28-29-20(14)22/h4-6,8-10,30H,7H2,1H3,(H,28,29). The predicted octanol–water partition coefficient (Wildman–Crippen LogP) is 3.96. The normalized spacial score (nSPS) is 11.2. The Morgan fingerprint density at radius 3 is 2.74 bits per heavy atom. The average Bonchev–Trinajstić information content (AvgIpc) is 3.22. The number of fused-ring (bicyclic) bond motifs is 1. The third-order valence-electron chi connectivity index (χ3n) is 4.59. The second kappa shape index (κ2) is 9.20. The van der Waals surface area contributed by atoms with Gasteiger partial charge in [-0.25, -0.2) is 26.6 Å². The highest BCUT2D eigenvalue weighted by Gasteiger charge is 2.24. The number of nitrogens with one attached hydrogen (secondary N) is 2. The molecule has 4 aromatic rings. The fraction of sp³-hybridized carbons (Fsp3) is 0.0952. The maximum absolute atomic E-state index is 15.1. The van der Waals surface area contributed by atoms with E-state index < -0.39 is 44.5 Å². The van der Waals surface area contributed by atoms with Crippen molar-refractivity contribution < 1.29 is 26.3 Å². The van der Waals surface area contributed by atoms with Crippen molar-refractivity contribution in [1.29, 1.82) is 0 Å². The van der Waals surface area contributed by atoms with E-state index in [0.717, 1.165) is 24.4 Å². The lowest BCUT2D eigenvalue weighted by molar-refractivity contribution is 0.383. The molecule has 0 radical (unpaired) electrons. The average molecular weight is 508 g/mol. The summed E-state index contributed by atoms with van der Waals surface area (Å²) in [7, 11) is -3.32. The smallest absolute Gasteiger partial charge is 0.267 e. The fourth-order valence-electron chi connectivity index (χ4n) is 2.96. The molecule has 174 valence electrons. The first kappa shape index (κ1) is 23.3. The van der Waals surface area contributed by atoms with E-state index in [2.05, 4.69) is 32.0 Å². The molecule has 0 bridgehead atoms. The molecule has 4 rings (SSSR count). The number of methoxy groups -OCH3 is 1. The monoisotopic (exact) mass is 507 g/mol. The van der Waals surface area contributed by atoms with E-state index in [1.54, 1.807) is 0 Å². The highest BCUT2D eigenvalue weighted by Crippen LogP contribution is 2.28. The van der Waals surface area contributed by atoms with Gasteiger partial charge in [-0.1, -0.05) is 23.4 Å². The molecule has 0 amide bonds. The van der Waals surface area contributed by atoms with Crippen LogP contribution in [0.4, 0.5) is 18.9 Å². The van der Waals surface area contributed by atoms with E-state index in [1.807, 2.05) is 4.72 Å². The van der Waals surface area contributed by atoms with Crippen LogP contribution in [-0.4, -0.2) is 35.7 Å². The number of hydrogen-bond acceptors (Lipinski definition) is 6. The molecular weight excluding hydrogens is 495 g/mol. The number of ether oxygens (including phenoxy) is 1. The SMILES string of the molecule is COc1ncc(CF)cc1S(=O)(=O)Nc1ccc(F)c(C#Cc2cncc3c(Cl)[nH]nc23)c1F. The van der Waals surface area contributed by atoms with E-state index in [-0.39, 0.29) is 22.2 Å². The van der Waals surface area contributed by atoms with Crippen LogP contribution in [0.5, 0.6) is 5.88 Å². The van der Waals surface area contributed by atoms with Gasteiger partial charge in [-0.15, -0.1) is 0 Å². The van der Waals surface area contributed by atoms with Gasteiger partial charge < -0.3 is 4.74 Å². The molecule has 0 unspecified atom stereocenters. The molecule has 3 aromatic heterocycles. The fourth-order valence-corrected chi connectivity index (χ4v) is 4.37. The van der Waals surface area contributed by atoms with Crippen LogP contribution >= 0.6 is 11.6 Å². The zero-order valence-electron chi connectivity index (χ0n) is 17.2. The Kier molecular flexibility index (Phi) is 6.32. The summed E-state index contributed by atoms with van der Waals surface area (Å²) in [5, 5.41) is 7.22. The molecule has 3 heterocycles. The second-order valence-corrected chi connectivity index (χ2v) is 8.77. The Hall–Kier alpha value is -3.82. The summed E-state index contributed by atoms with van der Waals surface area (Å²) in [6.07, 6.45) is 3.89. The number of hydrogen-bond donors (Lipinski definition) is 2. The number of pyridine rings is 2. The van der Waals surface area contributed by atoms with Gasteiger partial charge in [0.2, 0.25) is 5.88 Å². The topological polar surface area (TPSA) is 110 Å². The number of anilines is 1. The molecule has 0 saturated heterocycles. The molecule has 34 heavy (non-hydrogen) atoms. The molecule has 0 saturated carbocycles. The Bertz CT molecular complexity index is 1580. The quantitative estimate of drug-likeness (QED) is 0.396. The summed E-state index contributed by atoms with van der Waals surface area (Å²) in [5.41, 5.74) is -0.727. The Morgan fingerprint density at radius 1 is 1.21 bits per heavy atom. The van der Waals surface area contributed by atoms with Crippen LogP contribution in [0, 0.1) is 23.5 Å². The summed E-state index contributed by atoms with van der Waals surface area (Å²) >= 11 is 5.96. The van der Waals surface area contributed by atoms with E-state index in [1.165, 1.54) is 19.5 Å². The lowest BCUT2D eigenvalue weighted by atomic mass is 10.1. The molecule has 0 spiro atoms. The first-order valence-corrected chi connectivity index (χ1v) is 11.2. The van der Waals surface area contributed by atoms with Gasteiger partial charge in [-0.05, 0) is 18.2 Å². The number of nitrogens with zero attached hydrogens (tertiary/aromatic N) is 3.